The summed E-state index contributed by atoms with van der Waals surface area (Å²) in [6, 6.07) is 7.73. The molecule has 0 saturated heterocycles. The third-order valence-corrected chi connectivity index (χ3v) is 4.39. The Morgan fingerprint density at radius 1 is 1.20 bits per heavy atom. The van der Waals surface area contributed by atoms with Crippen molar-refractivity contribution in [2.75, 3.05) is 5.32 Å². The van der Waals surface area contributed by atoms with E-state index in [9.17, 15) is 9.90 Å². The van der Waals surface area contributed by atoms with Gasteiger partial charge in [-0.2, -0.15) is 0 Å². The first kappa shape index (κ1) is 13.4. The zero-order valence-electron chi connectivity index (χ0n) is 11.6. The summed E-state index contributed by atoms with van der Waals surface area (Å²) in [6.07, 6.45) is 5.29. The van der Waals surface area contributed by atoms with Gasteiger partial charge in [0.2, 0.25) is 5.91 Å². The van der Waals surface area contributed by atoms with Crippen molar-refractivity contribution in [2.45, 2.75) is 56.7 Å². The Morgan fingerprint density at radius 2 is 2.00 bits per heavy atom. The topological polar surface area (TPSA) is 61.4 Å². The largest absolute Gasteiger partial charge is 0.391 e. The lowest BCUT2D eigenvalue weighted by Crippen LogP contribution is -2.48. The molecule has 1 aliphatic heterocycles. The van der Waals surface area contributed by atoms with Crippen LogP contribution in [-0.4, -0.2) is 29.2 Å². The van der Waals surface area contributed by atoms with Crippen molar-refractivity contribution < 1.29 is 9.90 Å². The number of carbonyl (C=O) groups is 1. The standard InChI is InChI=1S/C16H22N2O2/c19-15-9-3-1-2-8-13(15)18-16(20)14-10-11-6-4-5-7-12(11)17-14/h4-7,13-15,17,19H,1-3,8-10H2,(H,18,20)/t13?,14-,15?/m0/s1. The number of rotatable bonds is 2. The van der Waals surface area contributed by atoms with Gasteiger partial charge in [-0.3, -0.25) is 4.79 Å². The van der Waals surface area contributed by atoms with Crippen LogP contribution in [0.1, 0.15) is 37.7 Å². The van der Waals surface area contributed by atoms with Crippen molar-refractivity contribution in [2.24, 2.45) is 0 Å². The SMILES string of the molecule is O=C(NC1CCCCCC1O)[C@@H]1Cc2ccccc2N1. The first-order chi connectivity index (χ1) is 9.74. The van der Waals surface area contributed by atoms with E-state index < -0.39 is 6.10 Å². The van der Waals surface area contributed by atoms with Crippen LogP contribution in [0.5, 0.6) is 0 Å². The summed E-state index contributed by atoms with van der Waals surface area (Å²) in [4.78, 5) is 12.4. The van der Waals surface area contributed by atoms with Gasteiger partial charge in [0, 0.05) is 12.1 Å². The van der Waals surface area contributed by atoms with E-state index in [-0.39, 0.29) is 18.0 Å². The van der Waals surface area contributed by atoms with Crippen molar-refractivity contribution in [1.82, 2.24) is 5.32 Å². The summed E-state index contributed by atoms with van der Waals surface area (Å²) in [7, 11) is 0. The highest BCUT2D eigenvalue weighted by molar-refractivity contribution is 5.87. The molecule has 2 aliphatic rings. The number of amides is 1. The number of benzene rings is 1. The number of fused-ring (bicyclic) bond motifs is 1. The maximum atomic E-state index is 12.4. The molecule has 3 N–H and O–H groups in total. The zero-order valence-corrected chi connectivity index (χ0v) is 11.6. The Bertz CT molecular complexity index is 464. The van der Waals surface area contributed by atoms with Gasteiger partial charge in [-0.25, -0.2) is 0 Å². The molecule has 0 aromatic heterocycles. The van der Waals surface area contributed by atoms with Gasteiger partial charge < -0.3 is 15.7 Å². The van der Waals surface area contributed by atoms with Gasteiger partial charge >= 0.3 is 0 Å². The molecule has 0 bridgehead atoms. The number of aliphatic hydroxyl groups excluding tert-OH is 1. The third-order valence-electron chi connectivity index (χ3n) is 4.39. The molecule has 1 aromatic rings. The Balaban J connectivity index is 1.60. The number of para-hydroxylation sites is 1. The van der Waals surface area contributed by atoms with Gasteiger partial charge in [-0.05, 0) is 24.5 Å². The Labute approximate surface area is 119 Å². The van der Waals surface area contributed by atoms with E-state index in [2.05, 4.69) is 16.7 Å². The minimum Gasteiger partial charge on any atom is -0.391 e. The summed E-state index contributed by atoms with van der Waals surface area (Å²) in [5.74, 6) is 0.00662. The van der Waals surface area contributed by atoms with Gasteiger partial charge in [0.15, 0.2) is 0 Å². The summed E-state index contributed by atoms with van der Waals surface area (Å²) >= 11 is 0. The van der Waals surface area contributed by atoms with E-state index in [1.165, 1.54) is 5.56 Å². The number of hydrogen-bond acceptors (Lipinski definition) is 3. The van der Waals surface area contributed by atoms with E-state index in [4.69, 9.17) is 0 Å². The molecule has 1 saturated carbocycles. The molecule has 3 rings (SSSR count). The molecule has 0 radical (unpaired) electrons. The highest BCUT2D eigenvalue weighted by atomic mass is 16.3. The van der Waals surface area contributed by atoms with Gasteiger partial charge in [0.05, 0.1) is 12.1 Å². The normalized spacial score (nSPS) is 29.1. The van der Waals surface area contributed by atoms with Crippen molar-refractivity contribution in [1.29, 1.82) is 0 Å². The predicted octanol–water partition coefficient (Wildman–Crippen LogP) is 1.83. The molecule has 108 valence electrons. The maximum Gasteiger partial charge on any atom is 0.243 e. The molecule has 20 heavy (non-hydrogen) atoms. The van der Waals surface area contributed by atoms with Crippen LogP contribution in [0, 0.1) is 0 Å². The highest BCUT2D eigenvalue weighted by Crippen LogP contribution is 2.25. The van der Waals surface area contributed by atoms with Crippen molar-refractivity contribution >= 4 is 11.6 Å². The average molecular weight is 274 g/mol. The molecule has 0 spiro atoms. The second-order valence-electron chi connectivity index (χ2n) is 5.88. The van der Waals surface area contributed by atoms with Gasteiger partial charge in [0.1, 0.15) is 6.04 Å². The van der Waals surface area contributed by atoms with Gasteiger partial charge in [-0.15, -0.1) is 0 Å². The fourth-order valence-electron chi connectivity index (χ4n) is 3.20. The monoisotopic (exact) mass is 274 g/mol. The van der Waals surface area contributed by atoms with E-state index in [0.717, 1.165) is 44.2 Å². The summed E-state index contributed by atoms with van der Waals surface area (Å²) in [6.45, 7) is 0. The molecule has 2 unspecified atom stereocenters. The molecule has 1 aliphatic carbocycles. The smallest absolute Gasteiger partial charge is 0.243 e. The van der Waals surface area contributed by atoms with Crippen LogP contribution in [0.2, 0.25) is 0 Å². The summed E-state index contributed by atoms with van der Waals surface area (Å²) < 4.78 is 0. The number of nitrogens with one attached hydrogen (secondary N) is 2. The number of hydrogen-bond donors (Lipinski definition) is 3. The van der Waals surface area contributed by atoms with E-state index in [1.807, 2.05) is 18.2 Å². The fraction of sp³-hybridized carbons (Fsp3) is 0.562. The van der Waals surface area contributed by atoms with Gasteiger partial charge in [0.25, 0.3) is 0 Å². The summed E-state index contributed by atoms with van der Waals surface area (Å²) in [5.41, 5.74) is 2.24. The minimum absolute atomic E-state index is 0.00662. The lowest BCUT2D eigenvalue weighted by atomic mass is 10.0. The molecular formula is C16H22N2O2. The molecule has 1 amide bonds. The quantitative estimate of drug-likeness (QED) is 0.721. The number of carbonyl (C=O) groups excluding carboxylic acids is 1. The second-order valence-corrected chi connectivity index (χ2v) is 5.88. The molecular weight excluding hydrogens is 252 g/mol. The van der Waals surface area contributed by atoms with E-state index in [1.54, 1.807) is 0 Å². The minimum atomic E-state index is -0.398. The van der Waals surface area contributed by atoms with Gasteiger partial charge in [-0.1, -0.05) is 37.5 Å². The van der Waals surface area contributed by atoms with Crippen LogP contribution in [0.25, 0.3) is 0 Å². The second kappa shape index (κ2) is 5.83. The van der Waals surface area contributed by atoms with Crippen LogP contribution in [0.15, 0.2) is 24.3 Å². The lowest BCUT2D eigenvalue weighted by molar-refractivity contribution is -0.123. The van der Waals surface area contributed by atoms with Crippen molar-refractivity contribution in [3.8, 4) is 0 Å². The predicted molar refractivity (Wildman–Crippen MR) is 78.6 cm³/mol. The van der Waals surface area contributed by atoms with Crippen LogP contribution >= 0.6 is 0 Å². The van der Waals surface area contributed by atoms with Crippen LogP contribution in [0.3, 0.4) is 0 Å². The number of aliphatic hydroxyl groups is 1. The van der Waals surface area contributed by atoms with E-state index >= 15 is 0 Å². The number of anilines is 1. The average Bonchev–Trinajstić information content (AvgIpc) is 2.79. The Kier molecular flexibility index (Phi) is 3.92. The summed E-state index contributed by atoms with van der Waals surface area (Å²) in [5, 5.41) is 16.4. The molecule has 1 fully saturated rings. The zero-order chi connectivity index (χ0) is 13.9. The maximum absolute atomic E-state index is 12.4. The first-order valence-electron chi connectivity index (χ1n) is 7.57. The first-order valence-corrected chi connectivity index (χ1v) is 7.57. The van der Waals surface area contributed by atoms with Crippen molar-refractivity contribution in [3.05, 3.63) is 29.8 Å². The Hall–Kier alpha value is -1.55. The van der Waals surface area contributed by atoms with Crippen LogP contribution < -0.4 is 10.6 Å². The molecule has 4 heteroatoms. The molecule has 1 heterocycles. The Morgan fingerprint density at radius 3 is 2.85 bits per heavy atom. The highest BCUT2D eigenvalue weighted by Gasteiger charge is 2.30. The lowest BCUT2D eigenvalue weighted by Gasteiger charge is -2.23. The van der Waals surface area contributed by atoms with E-state index in [0.29, 0.717) is 0 Å². The van der Waals surface area contributed by atoms with Crippen molar-refractivity contribution in [3.63, 3.8) is 0 Å². The molecule has 4 nitrogen and oxygen atoms in total. The van der Waals surface area contributed by atoms with Crippen LogP contribution in [0.4, 0.5) is 5.69 Å². The third kappa shape index (κ3) is 2.80. The fourth-order valence-corrected chi connectivity index (χ4v) is 3.20. The van der Waals surface area contributed by atoms with Crippen LogP contribution in [-0.2, 0) is 11.2 Å². The molecule has 3 atom stereocenters. The molecule has 1 aromatic carbocycles.